The number of nitrogens with zero attached hydrogens (tertiary/aromatic N) is 1. The van der Waals surface area contributed by atoms with Crippen LogP contribution in [0.4, 0.5) is 4.39 Å². The van der Waals surface area contributed by atoms with Gasteiger partial charge in [0, 0.05) is 11.1 Å². The molecule has 0 spiro atoms. The SMILES string of the molecule is O=C(NN=Cc1ccccc1O)c1ccc(F)cc1. The number of hydrogen-bond acceptors (Lipinski definition) is 3. The molecule has 2 aromatic rings. The highest BCUT2D eigenvalue weighted by Crippen LogP contribution is 2.12. The Morgan fingerprint density at radius 2 is 1.84 bits per heavy atom. The molecule has 19 heavy (non-hydrogen) atoms. The Hall–Kier alpha value is -2.69. The summed E-state index contributed by atoms with van der Waals surface area (Å²) in [5, 5.41) is 13.2. The van der Waals surface area contributed by atoms with Crippen LogP contribution < -0.4 is 5.43 Å². The molecule has 96 valence electrons. The fourth-order valence-electron chi connectivity index (χ4n) is 1.42. The summed E-state index contributed by atoms with van der Waals surface area (Å²) in [5.41, 5.74) is 3.08. The standard InChI is InChI=1S/C14H11FN2O2/c15-12-7-5-10(6-8-12)14(19)17-16-9-11-3-1-2-4-13(11)18/h1-9,18H,(H,17,19). The van der Waals surface area contributed by atoms with E-state index in [1.165, 1.54) is 36.5 Å². The number of rotatable bonds is 3. The monoisotopic (exact) mass is 258 g/mol. The molecule has 2 aromatic carbocycles. The Kier molecular flexibility index (Phi) is 3.87. The van der Waals surface area contributed by atoms with Crippen molar-refractivity contribution in [2.24, 2.45) is 5.10 Å². The number of carbonyl (C=O) groups excluding carboxylic acids is 1. The third-order valence-electron chi connectivity index (χ3n) is 2.41. The van der Waals surface area contributed by atoms with Crippen LogP contribution >= 0.6 is 0 Å². The highest BCUT2D eigenvalue weighted by molar-refractivity contribution is 5.95. The van der Waals surface area contributed by atoms with Crippen LogP contribution in [0, 0.1) is 5.82 Å². The number of amides is 1. The molecule has 0 saturated heterocycles. The van der Waals surface area contributed by atoms with Crippen LogP contribution in [-0.2, 0) is 0 Å². The van der Waals surface area contributed by atoms with Gasteiger partial charge in [-0.3, -0.25) is 4.79 Å². The van der Waals surface area contributed by atoms with Gasteiger partial charge in [0.25, 0.3) is 5.91 Å². The molecule has 0 aliphatic carbocycles. The summed E-state index contributed by atoms with van der Waals surface area (Å²) in [4.78, 5) is 11.6. The zero-order valence-corrected chi connectivity index (χ0v) is 9.88. The minimum absolute atomic E-state index is 0.0716. The largest absolute Gasteiger partial charge is 0.507 e. The van der Waals surface area contributed by atoms with E-state index in [0.29, 0.717) is 11.1 Å². The fourth-order valence-corrected chi connectivity index (χ4v) is 1.42. The first-order valence-corrected chi connectivity index (χ1v) is 5.54. The molecule has 1 amide bonds. The number of aromatic hydroxyl groups is 1. The zero-order chi connectivity index (χ0) is 13.7. The van der Waals surface area contributed by atoms with E-state index in [2.05, 4.69) is 10.5 Å². The highest BCUT2D eigenvalue weighted by Gasteiger charge is 2.03. The summed E-state index contributed by atoms with van der Waals surface area (Å²) in [6.07, 6.45) is 1.33. The molecule has 5 heteroatoms. The minimum Gasteiger partial charge on any atom is -0.507 e. The molecule has 2 rings (SSSR count). The van der Waals surface area contributed by atoms with Crippen LogP contribution in [0.15, 0.2) is 53.6 Å². The van der Waals surface area contributed by atoms with E-state index >= 15 is 0 Å². The van der Waals surface area contributed by atoms with E-state index in [1.807, 2.05) is 0 Å². The molecule has 0 aliphatic heterocycles. The van der Waals surface area contributed by atoms with E-state index in [4.69, 9.17) is 0 Å². The lowest BCUT2D eigenvalue weighted by molar-refractivity contribution is 0.0955. The summed E-state index contributed by atoms with van der Waals surface area (Å²) in [7, 11) is 0. The molecule has 0 fully saturated rings. The van der Waals surface area contributed by atoms with Crippen LogP contribution in [-0.4, -0.2) is 17.2 Å². The van der Waals surface area contributed by atoms with E-state index in [0.717, 1.165) is 0 Å². The molecule has 2 N–H and O–H groups in total. The zero-order valence-electron chi connectivity index (χ0n) is 9.88. The van der Waals surface area contributed by atoms with Crippen molar-refractivity contribution in [2.75, 3.05) is 0 Å². The van der Waals surface area contributed by atoms with Crippen molar-refractivity contribution in [1.29, 1.82) is 0 Å². The molecule has 0 aromatic heterocycles. The van der Waals surface area contributed by atoms with E-state index in [9.17, 15) is 14.3 Å². The molecule has 0 aliphatic rings. The molecule has 0 atom stereocenters. The number of carbonyl (C=O) groups is 1. The Balaban J connectivity index is 2.01. The number of nitrogens with one attached hydrogen (secondary N) is 1. The second kappa shape index (κ2) is 5.77. The third-order valence-corrected chi connectivity index (χ3v) is 2.41. The second-order valence-corrected chi connectivity index (χ2v) is 3.76. The van der Waals surface area contributed by atoms with Gasteiger partial charge in [-0.15, -0.1) is 0 Å². The average molecular weight is 258 g/mol. The number of para-hydroxylation sites is 1. The van der Waals surface area contributed by atoms with Crippen LogP contribution in [0.5, 0.6) is 5.75 Å². The van der Waals surface area contributed by atoms with Crippen molar-refractivity contribution < 1.29 is 14.3 Å². The Labute approximate surface area is 109 Å². The number of phenolic OH excluding ortho intramolecular Hbond substituents is 1. The molecule has 0 bridgehead atoms. The second-order valence-electron chi connectivity index (χ2n) is 3.76. The van der Waals surface area contributed by atoms with Crippen molar-refractivity contribution in [3.05, 3.63) is 65.5 Å². The van der Waals surface area contributed by atoms with Gasteiger partial charge in [-0.2, -0.15) is 5.10 Å². The van der Waals surface area contributed by atoms with E-state index < -0.39 is 11.7 Å². The average Bonchev–Trinajstić information content (AvgIpc) is 2.41. The molecule has 0 saturated carbocycles. The Bertz CT molecular complexity index is 609. The summed E-state index contributed by atoms with van der Waals surface area (Å²) >= 11 is 0. The topological polar surface area (TPSA) is 61.7 Å². The van der Waals surface area contributed by atoms with Gasteiger partial charge < -0.3 is 5.11 Å². The van der Waals surface area contributed by atoms with Gasteiger partial charge >= 0.3 is 0 Å². The van der Waals surface area contributed by atoms with Crippen molar-refractivity contribution in [3.8, 4) is 5.75 Å². The first-order valence-electron chi connectivity index (χ1n) is 5.54. The molecular formula is C14H11FN2O2. The molecule has 0 heterocycles. The smallest absolute Gasteiger partial charge is 0.271 e. The Morgan fingerprint density at radius 3 is 2.53 bits per heavy atom. The first-order chi connectivity index (χ1) is 9.16. The molecule has 0 unspecified atom stereocenters. The van der Waals surface area contributed by atoms with Crippen LogP contribution in [0.2, 0.25) is 0 Å². The van der Waals surface area contributed by atoms with Gasteiger partial charge in [-0.25, -0.2) is 9.82 Å². The lowest BCUT2D eigenvalue weighted by Gasteiger charge is -2.00. The molecule has 4 nitrogen and oxygen atoms in total. The lowest BCUT2D eigenvalue weighted by Crippen LogP contribution is -2.17. The highest BCUT2D eigenvalue weighted by atomic mass is 19.1. The number of phenols is 1. The third kappa shape index (κ3) is 3.38. The van der Waals surface area contributed by atoms with Gasteiger partial charge in [-0.05, 0) is 36.4 Å². The first kappa shape index (κ1) is 12.8. The number of hydrazone groups is 1. The van der Waals surface area contributed by atoms with Crippen LogP contribution in [0.3, 0.4) is 0 Å². The van der Waals surface area contributed by atoms with Gasteiger partial charge in [0.15, 0.2) is 0 Å². The van der Waals surface area contributed by atoms with Crippen LogP contribution in [0.1, 0.15) is 15.9 Å². The maximum atomic E-state index is 12.7. The Morgan fingerprint density at radius 1 is 1.16 bits per heavy atom. The van der Waals surface area contributed by atoms with Gasteiger partial charge in [0.2, 0.25) is 0 Å². The quantitative estimate of drug-likeness (QED) is 0.655. The summed E-state index contributed by atoms with van der Waals surface area (Å²) < 4.78 is 12.7. The minimum atomic E-state index is -0.452. The summed E-state index contributed by atoms with van der Waals surface area (Å²) in [6.45, 7) is 0. The number of benzene rings is 2. The van der Waals surface area contributed by atoms with E-state index in [1.54, 1.807) is 18.2 Å². The van der Waals surface area contributed by atoms with Crippen molar-refractivity contribution >= 4 is 12.1 Å². The maximum Gasteiger partial charge on any atom is 0.271 e. The summed E-state index contributed by atoms with van der Waals surface area (Å²) in [5.74, 6) is -0.789. The summed E-state index contributed by atoms with van der Waals surface area (Å²) in [6, 6.07) is 11.7. The van der Waals surface area contributed by atoms with Gasteiger partial charge in [-0.1, -0.05) is 12.1 Å². The van der Waals surface area contributed by atoms with Crippen molar-refractivity contribution in [3.63, 3.8) is 0 Å². The van der Waals surface area contributed by atoms with E-state index in [-0.39, 0.29) is 5.75 Å². The van der Waals surface area contributed by atoms with Gasteiger partial charge in [0.1, 0.15) is 11.6 Å². The van der Waals surface area contributed by atoms with Crippen molar-refractivity contribution in [1.82, 2.24) is 5.43 Å². The normalized spacial score (nSPS) is 10.6. The van der Waals surface area contributed by atoms with Crippen molar-refractivity contribution in [2.45, 2.75) is 0 Å². The maximum absolute atomic E-state index is 12.7. The number of hydrogen-bond donors (Lipinski definition) is 2. The lowest BCUT2D eigenvalue weighted by atomic mass is 10.2. The predicted molar refractivity (Wildman–Crippen MR) is 69.6 cm³/mol. The van der Waals surface area contributed by atoms with Gasteiger partial charge in [0.05, 0.1) is 6.21 Å². The molecule has 0 radical (unpaired) electrons. The fraction of sp³-hybridized carbons (Fsp3) is 0. The van der Waals surface area contributed by atoms with Crippen LogP contribution in [0.25, 0.3) is 0 Å². The number of halogens is 1. The predicted octanol–water partition coefficient (Wildman–Crippen LogP) is 2.30. The molecular weight excluding hydrogens is 247 g/mol.